The Labute approximate surface area is 173 Å². The van der Waals surface area contributed by atoms with E-state index in [9.17, 15) is 13.2 Å². The lowest BCUT2D eigenvalue weighted by molar-refractivity contribution is -0.122. The fourth-order valence-electron chi connectivity index (χ4n) is 3.16. The molecule has 0 fully saturated rings. The second-order valence-electron chi connectivity index (χ2n) is 7.05. The number of benzene rings is 2. The molecule has 0 spiro atoms. The van der Waals surface area contributed by atoms with Crippen LogP contribution in [0.2, 0.25) is 0 Å². The molecule has 2 atom stereocenters. The molecule has 0 unspecified atom stereocenters. The second-order valence-corrected chi connectivity index (χ2v) is 8.91. The molecule has 2 aromatic rings. The van der Waals surface area contributed by atoms with Gasteiger partial charge in [0.25, 0.3) is 0 Å². The summed E-state index contributed by atoms with van der Waals surface area (Å²) in [5.74, 6) is 0.434. The van der Waals surface area contributed by atoms with Gasteiger partial charge in [-0.05, 0) is 57.0 Å². The van der Waals surface area contributed by atoms with E-state index < -0.39 is 16.1 Å². The summed E-state index contributed by atoms with van der Waals surface area (Å²) in [6.45, 7) is 8.11. The Kier molecular flexibility index (Phi) is 7.67. The van der Waals surface area contributed by atoms with Crippen molar-refractivity contribution in [1.82, 2.24) is 5.32 Å². The summed E-state index contributed by atoms with van der Waals surface area (Å²) in [4.78, 5) is 13.0. The van der Waals surface area contributed by atoms with Crippen molar-refractivity contribution in [3.63, 3.8) is 0 Å². The molecule has 0 saturated carbocycles. The van der Waals surface area contributed by atoms with Gasteiger partial charge in [0.15, 0.2) is 0 Å². The van der Waals surface area contributed by atoms with Gasteiger partial charge in [-0.3, -0.25) is 9.10 Å². The molecule has 0 aliphatic carbocycles. The number of hydrogen-bond acceptors (Lipinski definition) is 4. The molecule has 0 bridgehead atoms. The van der Waals surface area contributed by atoms with Crippen LogP contribution in [0.25, 0.3) is 0 Å². The number of aryl methyl sites for hydroxylation is 1. The van der Waals surface area contributed by atoms with E-state index in [-0.39, 0.29) is 11.9 Å². The van der Waals surface area contributed by atoms with E-state index in [1.54, 1.807) is 19.1 Å². The molecule has 0 aromatic heterocycles. The summed E-state index contributed by atoms with van der Waals surface area (Å²) >= 11 is 0. The molecule has 2 rings (SSSR count). The number of carbonyl (C=O) groups excluding carboxylic acids is 1. The third-order valence-corrected chi connectivity index (χ3v) is 5.85. The molecule has 29 heavy (non-hydrogen) atoms. The third-order valence-electron chi connectivity index (χ3n) is 4.67. The SMILES string of the molecule is CCOc1ccc([C@H](C)NC(=O)[C@H](CC)N(c2ccc(C)cc2)S(C)(=O)=O)cc1. The minimum Gasteiger partial charge on any atom is -0.494 e. The molecule has 6 nitrogen and oxygen atoms in total. The average molecular weight is 419 g/mol. The van der Waals surface area contributed by atoms with E-state index in [4.69, 9.17) is 4.74 Å². The van der Waals surface area contributed by atoms with Crippen molar-refractivity contribution in [3.05, 3.63) is 59.7 Å². The van der Waals surface area contributed by atoms with E-state index >= 15 is 0 Å². The number of rotatable bonds is 9. The standard InChI is InChI=1S/C22H30N2O4S/c1-6-21(24(29(5,26)27)19-12-8-16(3)9-13-19)22(25)23-17(4)18-10-14-20(15-11-18)28-7-2/h8-15,17,21H,6-7H2,1-5H3,(H,23,25)/t17-,21-/m0/s1. The van der Waals surface area contributed by atoms with Crippen LogP contribution in [0.1, 0.15) is 44.4 Å². The molecular weight excluding hydrogens is 388 g/mol. The van der Waals surface area contributed by atoms with Crippen molar-refractivity contribution in [2.75, 3.05) is 17.2 Å². The minimum atomic E-state index is -3.64. The summed E-state index contributed by atoms with van der Waals surface area (Å²) in [7, 11) is -3.64. The van der Waals surface area contributed by atoms with Crippen LogP contribution < -0.4 is 14.4 Å². The number of sulfonamides is 1. The zero-order valence-electron chi connectivity index (χ0n) is 17.7. The first-order chi connectivity index (χ1) is 13.7. The summed E-state index contributed by atoms with van der Waals surface area (Å²) in [5.41, 5.74) is 2.41. The van der Waals surface area contributed by atoms with Crippen molar-refractivity contribution in [2.45, 2.75) is 46.2 Å². The monoisotopic (exact) mass is 418 g/mol. The van der Waals surface area contributed by atoms with Crippen molar-refractivity contribution >= 4 is 21.6 Å². The lowest BCUT2D eigenvalue weighted by atomic mass is 10.1. The third kappa shape index (κ3) is 5.97. The van der Waals surface area contributed by atoms with Crippen LogP contribution in [0, 0.1) is 6.92 Å². The molecule has 2 aromatic carbocycles. The summed E-state index contributed by atoms with van der Waals surface area (Å²) in [5, 5.41) is 2.95. The largest absolute Gasteiger partial charge is 0.494 e. The number of amides is 1. The van der Waals surface area contributed by atoms with Crippen molar-refractivity contribution in [1.29, 1.82) is 0 Å². The first kappa shape index (κ1) is 22.7. The molecule has 0 heterocycles. The fourth-order valence-corrected chi connectivity index (χ4v) is 4.38. The lowest BCUT2D eigenvalue weighted by Gasteiger charge is -2.31. The van der Waals surface area contributed by atoms with Crippen LogP contribution >= 0.6 is 0 Å². The molecule has 0 saturated heterocycles. The molecule has 0 radical (unpaired) electrons. The van der Waals surface area contributed by atoms with Crippen molar-refractivity contribution in [3.8, 4) is 5.75 Å². The van der Waals surface area contributed by atoms with Crippen molar-refractivity contribution < 1.29 is 17.9 Å². The summed E-state index contributed by atoms with van der Waals surface area (Å²) < 4.78 is 31.7. The molecule has 0 aliphatic rings. The predicted octanol–water partition coefficient (Wildman–Crippen LogP) is 3.82. The molecule has 1 N–H and O–H groups in total. The van der Waals surface area contributed by atoms with E-state index in [1.165, 1.54) is 4.31 Å². The Morgan fingerprint density at radius 3 is 2.14 bits per heavy atom. The molecule has 0 aliphatic heterocycles. The second kappa shape index (κ2) is 9.78. The highest BCUT2D eigenvalue weighted by Gasteiger charge is 2.32. The Bertz CT molecular complexity index is 909. The van der Waals surface area contributed by atoms with Crippen LogP contribution in [0.4, 0.5) is 5.69 Å². The van der Waals surface area contributed by atoms with Gasteiger partial charge in [-0.2, -0.15) is 0 Å². The van der Waals surface area contributed by atoms with Crippen LogP contribution in [0.15, 0.2) is 48.5 Å². The highest BCUT2D eigenvalue weighted by Crippen LogP contribution is 2.24. The summed E-state index contributed by atoms with van der Waals surface area (Å²) in [6, 6.07) is 13.5. The molecule has 1 amide bonds. The average Bonchev–Trinajstić information content (AvgIpc) is 2.66. The Balaban J connectivity index is 2.23. The van der Waals surface area contributed by atoms with E-state index in [2.05, 4.69) is 5.32 Å². The Morgan fingerprint density at radius 1 is 1.07 bits per heavy atom. The molecular formula is C22H30N2O4S. The maximum Gasteiger partial charge on any atom is 0.244 e. The van der Waals surface area contributed by atoms with Crippen LogP contribution in [-0.4, -0.2) is 33.2 Å². The van der Waals surface area contributed by atoms with Gasteiger partial charge in [-0.1, -0.05) is 36.8 Å². The number of nitrogens with zero attached hydrogens (tertiary/aromatic N) is 1. The van der Waals surface area contributed by atoms with E-state index in [0.717, 1.165) is 23.1 Å². The van der Waals surface area contributed by atoms with Gasteiger partial charge in [0.1, 0.15) is 11.8 Å². The normalized spacial score (nSPS) is 13.4. The van der Waals surface area contributed by atoms with Gasteiger partial charge >= 0.3 is 0 Å². The quantitative estimate of drug-likeness (QED) is 0.672. The number of ether oxygens (including phenoxy) is 1. The number of carbonyl (C=O) groups is 1. The van der Waals surface area contributed by atoms with E-state index in [1.807, 2.05) is 57.2 Å². The van der Waals surface area contributed by atoms with Crippen LogP contribution in [0.5, 0.6) is 5.75 Å². The number of anilines is 1. The maximum atomic E-state index is 13.0. The predicted molar refractivity (Wildman–Crippen MR) is 117 cm³/mol. The molecule has 158 valence electrons. The van der Waals surface area contributed by atoms with Crippen molar-refractivity contribution in [2.24, 2.45) is 0 Å². The van der Waals surface area contributed by atoms with Crippen LogP contribution in [0.3, 0.4) is 0 Å². The van der Waals surface area contributed by atoms with Gasteiger partial charge in [0, 0.05) is 0 Å². The first-order valence-corrected chi connectivity index (χ1v) is 11.6. The van der Waals surface area contributed by atoms with Crippen LogP contribution in [-0.2, 0) is 14.8 Å². The van der Waals surface area contributed by atoms with Gasteiger partial charge in [0.2, 0.25) is 15.9 Å². The smallest absolute Gasteiger partial charge is 0.244 e. The maximum absolute atomic E-state index is 13.0. The topological polar surface area (TPSA) is 75.7 Å². The minimum absolute atomic E-state index is 0.272. The summed E-state index contributed by atoms with van der Waals surface area (Å²) in [6.07, 6.45) is 1.47. The van der Waals surface area contributed by atoms with Gasteiger partial charge in [-0.15, -0.1) is 0 Å². The zero-order chi connectivity index (χ0) is 21.6. The molecule has 7 heteroatoms. The lowest BCUT2D eigenvalue weighted by Crippen LogP contribution is -2.49. The first-order valence-electron chi connectivity index (χ1n) is 9.76. The van der Waals surface area contributed by atoms with Gasteiger partial charge in [0.05, 0.1) is 24.6 Å². The number of hydrogen-bond donors (Lipinski definition) is 1. The zero-order valence-corrected chi connectivity index (χ0v) is 18.5. The van der Waals surface area contributed by atoms with E-state index in [0.29, 0.717) is 18.7 Å². The number of nitrogens with one attached hydrogen (secondary N) is 1. The Hall–Kier alpha value is -2.54. The van der Waals surface area contributed by atoms with Gasteiger partial charge < -0.3 is 10.1 Å². The highest BCUT2D eigenvalue weighted by molar-refractivity contribution is 7.92. The highest BCUT2D eigenvalue weighted by atomic mass is 32.2. The van der Waals surface area contributed by atoms with Gasteiger partial charge in [-0.25, -0.2) is 8.42 Å². The fraction of sp³-hybridized carbons (Fsp3) is 0.409. The Morgan fingerprint density at radius 2 is 1.66 bits per heavy atom.